The SMILES string of the molecule is COc1ccc(C)cc1/C=C/C(=O)NCc1ccc(C#N)cc1. The Morgan fingerprint density at radius 1 is 1.26 bits per heavy atom. The summed E-state index contributed by atoms with van der Waals surface area (Å²) in [4.78, 5) is 11.9. The number of carbonyl (C=O) groups excluding carboxylic acids is 1. The summed E-state index contributed by atoms with van der Waals surface area (Å²) in [7, 11) is 1.60. The molecule has 23 heavy (non-hydrogen) atoms. The van der Waals surface area contributed by atoms with Gasteiger partial charge in [-0.3, -0.25) is 4.79 Å². The van der Waals surface area contributed by atoms with Crippen molar-refractivity contribution in [2.75, 3.05) is 7.11 Å². The first-order valence-electron chi connectivity index (χ1n) is 7.22. The van der Waals surface area contributed by atoms with Gasteiger partial charge in [0.05, 0.1) is 18.7 Å². The molecule has 0 radical (unpaired) electrons. The first kappa shape index (κ1) is 16.3. The van der Waals surface area contributed by atoms with Crippen molar-refractivity contribution in [2.24, 2.45) is 0 Å². The molecule has 2 aromatic carbocycles. The fraction of sp³-hybridized carbons (Fsp3) is 0.158. The summed E-state index contributed by atoms with van der Waals surface area (Å²) in [6, 6.07) is 15.0. The standard InChI is InChI=1S/C19H18N2O2/c1-14-3-9-18(23-2)17(11-14)8-10-19(22)21-13-16-6-4-15(12-20)5-7-16/h3-11H,13H2,1-2H3,(H,21,22)/b10-8+. The molecule has 0 saturated heterocycles. The molecule has 0 bridgehead atoms. The largest absolute Gasteiger partial charge is 0.496 e. The fourth-order valence-electron chi connectivity index (χ4n) is 2.09. The zero-order valence-electron chi connectivity index (χ0n) is 13.2. The lowest BCUT2D eigenvalue weighted by Crippen LogP contribution is -2.20. The number of amides is 1. The molecular formula is C19H18N2O2. The minimum atomic E-state index is -0.182. The monoisotopic (exact) mass is 306 g/mol. The number of aryl methyl sites for hydroxylation is 1. The lowest BCUT2D eigenvalue weighted by Gasteiger charge is -2.06. The molecule has 0 atom stereocenters. The molecule has 1 N–H and O–H groups in total. The van der Waals surface area contributed by atoms with Crippen LogP contribution < -0.4 is 10.1 Å². The molecule has 0 heterocycles. The molecule has 0 aliphatic carbocycles. The molecule has 116 valence electrons. The van der Waals surface area contributed by atoms with Crippen molar-refractivity contribution >= 4 is 12.0 Å². The number of methoxy groups -OCH3 is 1. The van der Waals surface area contributed by atoms with E-state index >= 15 is 0 Å². The number of ether oxygens (including phenoxy) is 1. The van der Waals surface area contributed by atoms with Crippen molar-refractivity contribution in [1.29, 1.82) is 5.26 Å². The van der Waals surface area contributed by atoms with Crippen LogP contribution in [0.25, 0.3) is 6.08 Å². The van der Waals surface area contributed by atoms with E-state index in [1.165, 1.54) is 6.08 Å². The van der Waals surface area contributed by atoms with Crippen molar-refractivity contribution < 1.29 is 9.53 Å². The van der Waals surface area contributed by atoms with E-state index in [0.717, 1.165) is 22.4 Å². The molecule has 0 fully saturated rings. The number of carbonyl (C=O) groups is 1. The second-order valence-electron chi connectivity index (χ2n) is 5.11. The average Bonchev–Trinajstić information content (AvgIpc) is 2.58. The first-order chi connectivity index (χ1) is 11.1. The molecule has 0 spiro atoms. The molecule has 2 rings (SSSR count). The Morgan fingerprint density at radius 3 is 2.65 bits per heavy atom. The molecule has 0 unspecified atom stereocenters. The van der Waals surface area contributed by atoms with Gasteiger partial charge >= 0.3 is 0 Å². The Bertz CT molecular complexity index is 756. The van der Waals surface area contributed by atoms with Crippen LogP contribution in [0.1, 0.15) is 22.3 Å². The van der Waals surface area contributed by atoms with Crippen molar-refractivity contribution in [2.45, 2.75) is 13.5 Å². The van der Waals surface area contributed by atoms with Crippen molar-refractivity contribution in [3.05, 3.63) is 70.8 Å². The summed E-state index contributed by atoms with van der Waals surface area (Å²) in [6.07, 6.45) is 3.22. The summed E-state index contributed by atoms with van der Waals surface area (Å²) in [5.74, 6) is 0.546. The third kappa shape index (κ3) is 4.72. The molecule has 0 aliphatic heterocycles. The van der Waals surface area contributed by atoms with Gasteiger partial charge in [0.15, 0.2) is 0 Å². The van der Waals surface area contributed by atoms with E-state index in [4.69, 9.17) is 10.00 Å². The van der Waals surface area contributed by atoms with Crippen LogP contribution in [0.5, 0.6) is 5.75 Å². The van der Waals surface area contributed by atoms with Crippen molar-refractivity contribution in [3.63, 3.8) is 0 Å². The van der Waals surface area contributed by atoms with E-state index in [1.54, 1.807) is 25.3 Å². The van der Waals surface area contributed by atoms with E-state index in [1.807, 2.05) is 37.3 Å². The van der Waals surface area contributed by atoms with Crippen LogP contribution in [-0.2, 0) is 11.3 Å². The Hall–Kier alpha value is -3.06. The number of hydrogen-bond donors (Lipinski definition) is 1. The van der Waals surface area contributed by atoms with Gasteiger partial charge in [-0.2, -0.15) is 5.26 Å². The van der Waals surface area contributed by atoms with Crippen LogP contribution in [-0.4, -0.2) is 13.0 Å². The van der Waals surface area contributed by atoms with E-state index in [0.29, 0.717) is 12.1 Å². The Morgan fingerprint density at radius 2 is 2.00 bits per heavy atom. The van der Waals surface area contributed by atoms with Crippen LogP contribution >= 0.6 is 0 Å². The lowest BCUT2D eigenvalue weighted by molar-refractivity contribution is -0.116. The summed E-state index contributed by atoms with van der Waals surface area (Å²) < 4.78 is 5.27. The van der Waals surface area contributed by atoms with E-state index < -0.39 is 0 Å². The Balaban J connectivity index is 1.96. The maximum absolute atomic E-state index is 11.9. The van der Waals surface area contributed by atoms with Gasteiger partial charge in [-0.15, -0.1) is 0 Å². The van der Waals surface area contributed by atoms with E-state index in [2.05, 4.69) is 11.4 Å². The number of benzene rings is 2. The number of hydrogen-bond acceptors (Lipinski definition) is 3. The summed E-state index contributed by atoms with van der Waals surface area (Å²) in [5.41, 5.74) is 3.51. The smallest absolute Gasteiger partial charge is 0.244 e. The number of rotatable bonds is 5. The minimum Gasteiger partial charge on any atom is -0.496 e. The van der Waals surface area contributed by atoms with Gasteiger partial charge in [-0.1, -0.05) is 23.8 Å². The van der Waals surface area contributed by atoms with Gasteiger partial charge in [0.2, 0.25) is 5.91 Å². The maximum Gasteiger partial charge on any atom is 0.244 e. The molecule has 2 aromatic rings. The topological polar surface area (TPSA) is 62.1 Å². The fourth-order valence-corrected chi connectivity index (χ4v) is 2.09. The highest BCUT2D eigenvalue weighted by atomic mass is 16.5. The van der Waals surface area contributed by atoms with Gasteiger partial charge in [0, 0.05) is 18.2 Å². The molecule has 0 saturated carbocycles. The lowest BCUT2D eigenvalue weighted by atomic mass is 10.1. The highest BCUT2D eigenvalue weighted by molar-refractivity contribution is 5.92. The predicted molar refractivity (Wildman–Crippen MR) is 89.8 cm³/mol. The van der Waals surface area contributed by atoms with Gasteiger partial charge < -0.3 is 10.1 Å². The zero-order chi connectivity index (χ0) is 16.7. The first-order valence-corrected chi connectivity index (χ1v) is 7.22. The molecule has 4 nitrogen and oxygen atoms in total. The van der Waals surface area contributed by atoms with Gasteiger partial charge in [-0.05, 0) is 42.8 Å². The number of nitrogens with zero attached hydrogens (tertiary/aromatic N) is 1. The zero-order valence-corrected chi connectivity index (χ0v) is 13.2. The molecule has 1 amide bonds. The van der Waals surface area contributed by atoms with Crippen molar-refractivity contribution in [3.8, 4) is 11.8 Å². The highest BCUT2D eigenvalue weighted by Gasteiger charge is 2.01. The third-order valence-electron chi connectivity index (χ3n) is 3.35. The maximum atomic E-state index is 11.9. The molecule has 4 heteroatoms. The van der Waals surface area contributed by atoms with E-state index in [-0.39, 0.29) is 5.91 Å². The van der Waals surface area contributed by atoms with Crippen molar-refractivity contribution in [1.82, 2.24) is 5.32 Å². The minimum absolute atomic E-state index is 0.182. The van der Waals surface area contributed by atoms with Crippen LogP contribution in [0.15, 0.2) is 48.5 Å². The second kappa shape index (κ2) is 7.81. The van der Waals surface area contributed by atoms with Crippen LogP contribution in [0.2, 0.25) is 0 Å². The summed E-state index contributed by atoms with van der Waals surface area (Å²) in [6.45, 7) is 2.40. The van der Waals surface area contributed by atoms with Crippen LogP contribution in [0.4, 0.5) is 0 Å². The van der Waals surface area contributed by atoms with Gasteiger partial charge in [0.1, 0.15) is 5.75 Å². The van der Waals surface area contributed by atoms with E-state index in [9.17, 15) is 4.79 Å². The molecule has 0 aliphatic rings. The summed E-state index contributed by atoms with van der Waals surface area (Å²) in [5, 5.41) is 11.6. The molecule has 0 aromatic heterocycles. The van der Waals surface area contributed by atoms with Crippen LogP contribution in [0.3, 0.4) is 0 Å². The second-order valence-corrected chi connectivity index (χ2v) is 5.11. The highest BCUT2D eigenvalue weighted by Crippen LogP contribution is 2.20. The third-order valence-corrected chi connectivity index (χ3v) is 3.35. The number of nitriles is 1. The van der Waals surface area contributed by atoms with Crippen LogP contribution in [0, 0.1) is 18.3 Å². The predicted octanol–water partition coefficient (Wildman–Crippen LogP) is 3.20. The van der Waals surface area contributed by atoms with Gasteiger partial charge in [0.25, 0.3) is 0 Å². The molecular weight excluding hydrogens is 288 g/mol. The Kier molecular flexibility index (Phi) is 5.54. The number of nitrogens with one attached hydrogen (secondary N) is 1. The van der Waals surface area contributed by atoms with Gasteiger partial charge in [-0.25, -0.2) is 0 Å². The Labute approximate surface area is 136 Å². The normalized spacial score (nSPS) is 10.3. The average molecular weight is 306 g/mol. The summed E-state index contributed by atoms with van der Waals surface area (Å²) >= 11 is 0. The quantitative estimate of drug-likeness (QED) is 0.863.